The number of hydrogen-bond acceptors (Lipinski definition) is 7. The van der Waals surface area contributed by atoms with Gasteiger partial charge >= 0.3 is 0 Å². The van der Waals surface area contributed by atoms with E-state index in [9.17, 15) is 23.2 Å². The fourth-order valence-electron chi connectivity index (χ4n) is 7.26. The molecule has 7 N–H and O–H groups in total. The van der Waals surface area contributed by atoms with Crippen LogP contribution in [0.1, 0.15) is 66.2 Å². The quantitative estimate of drug-likeness (QED) is 0.117. The van der Waals surface area contributed by atoms with E-state index in [1.165, 1.54) is 0 Å². The number of benzene rings is 3. The van der Waals surface area contributed by atoms with Crippen LogP contribution in [0.2, 0.25) is 0 Å². The second-order valence-corrected chi connectivity index (χ2v) is 13.8. The molecule has 0 amide bonds. The van der Waals surface area contributed by atoms with Gasteiger partial charge in [-0.2, -0.15) is 8.42 Å². The molecule has 11 heteroatoms. The Hall–Kier alpha value is -3.90. The van der Waals surface area contributed by atoms with Crippen molar-refractivity contribution < 1.29 is 32.7 Å². The molecule has 6 aliphatic rings. The van der Waals surface area contributed by atoms with E-state index < -0.39 is 33.6 Å². The summed E-state index contributed by atoms with van der Waals surface area (Å²) in [6.45, 7) is -0.0556. The molecule has 5 aliphatic heterocycles. The van der Waals surface area contributed by atoms with Crippen LogP contribution in [0.4, 0.5) is 0 Å². The highest BCUT2D eigenvalue weighted by atomic mass is 32.2. The van der Waals surface area contributed by atoms with E-state index in [0.717, 1.165) is 27.8 Å². The van der Waals surface area contributed by atoms with Gasteiger partial charge in [-0.3, -0.25) is 4.55 Å². The SMILES string of the molecule is NC(N)=N[C@@H]1Oc2ccc(cc2)CC[C@@H](S(=O)(=O)O)[C@H]2C=C3C[C@@H](C[C@@H](CCO)O[C@H]3c3ccc(O)cc3)[C@H]2c2ccc1cc2. The van der Waals surface area contributed by atoms with Crippen LogP contribution in [0.15, 0.2) is 89.4 Å². The highest BCUT2D eigenvalue weighted by Gasteiger charge is 2.46. The van der Waals surface area contributed by atoms with Gasteiger partial charge < -0.3 is 31.2 Å². The number of aliphatic hydroxyl groups is 1. The summed E-state index contributed by atoms with van der Waals surface area (Å²) in [5.41, 5.74) is 15.8. The number of phenolic OH excluding ortho intramolecular Hbond substituents is 1. The number of nitrogens with two attached hydrogens (primary N) is 2. The Balaban J connectivity index is 1.52. The summed E-state index contributed by atoms with van der Waals surface area (Å²) in [7, 11) is -4.48. The molecule has 45 heavy (non-hydrogen) atoms. The van der Waals surface area contributed by atoms with E-state index in [0.29, 0.717) is 31.4 Å². The van der Waals surface area contributed by atoms with E-state index in [1.54, 1.807) is 36.4 Å². The molecule has 9 rings (SSSR count). The molecule has 10 nitrogen and oxygen atoms in total. The predicted molar refractivity (Wildman–Crippen MR) is 170 cm³/mol. The minimum absolute atomic E-state index is 0.0388. The van der Waals surface area contributed by atoms with Gasteiger partial charge in [0.1, 0.15) is 17.6 Å². The number of allylic oxidation sites excluding steroid dienone is 1. The fraction of sp³-hybridized carbons (Fsp3) is 0.382. The molecule has 5 heterocycles. The van der Waals surface area contributed by atoms with Crippen molar-refractivity contribution in [1.29, 1.82) is 0 Å². The average molecular weight is 634 g/mol. The van der Waals surface area contributed by atoms with Gasteiger partial charge in [0.25, 0.3) is 10.1 Å². The minimum Gasteiger partial charge on any atom is -0.508 e. The van der Waals surface area contributed by atoms with Crippen molar-refractivity contribution in [3.8, 4) is 11.5 Å². The van der Waals surface area contributed by atoms with Gasteiger partial charge in [0.2, 0.25) is 6.23 Å². The Labute approximate surface area is 263 Å². The number of hydrogen-bond donors (Lipinski definition) is 5. The second-order valence-electron chi connectivity index (χ2n) is 12.2. The topological polar surface area (TPSA) is 178 Å². The zero-order chi connectivity index (χ0) is 31.7. The summed E-state index contributed by atoms with van der Waals surface area (Å²) >= 11 is 0. The number of guanidine groups is 1. The lowest BCUT2D eigenvalue weighted by molar-refractivity contribution is -0.00769. The summed E-state index contributed by atoms with van der Waals surface area (Å²) in [4.78, 5) is 4.31. The molecule has 7 atom stereocenters. The number of aliphatic imine (C=N–C) groups is 1. The molecule has 0 spiro atoms. The number of nitrogens with zero attached hydrogens (tertiary/aromatic N) is 1. The third-order valence-corrected chi connectivity index (χ3v) is 10.6. The third kappa shape index (κ3) is 6.86. The summed E-state index contributed by atoms with van der Waals surface area (Å²) in [5.74, 6) is -0.304. The van der Waals surface area contributed by atoms with Crippen molar-refractivity contribution in [2.24, 2.45) is 28.3 Å². The van der Waals surface area contributed by atoms with Crippen molar-refractivity contribution >= 4 is 16.1 Å². The van der Waals surface area contributed by atoms with Crippen LogP contribution in [0, 0.1) is 11.8 Å². The van der Waals surface area contributed by atoms with Crippen LogP contribution < -0.4 is 16.2 Å². The number of rotatable bonds is 5. The molecule has 238 valence electrons. The second kappa shape index (κ2) is 12.8. The normalized spacial score (nSPS) is 28.0. The number of aliphatic hydroxyl groups excluding tert-OH is 1. The summed E-state index contributed by atoms with van der Waals surface area (Å²) < 4.78 is 50.0. The first-order chi connectivity index (χ1) is 21.6. The molecule has 1 aliphatic carbocycles. The first-order valence-electron chi connectivity index (χ1n) is 15.3. The first-order valence-corrected chi connectivity index (χ1v) is 16.8. The average Bonchev–Trinajstić information content (AvgIpc) is 3.14. The van der Waals surface area contributed by atoms with E-state index >= 15 is 0 Å². The molecule has 1 fully saturated rings. The van der Waals surface area contributed by atoms with Gasteiger partial charge in [0.15, 0.2) is 5.96 Å². The van der Waals surface area contributed by atoms with E-state index in [1.807, 2.05) is 42.5 Å². The number of aryl methyl sites for hydroxylation is 1. The van der Waals surface area contributed by atoms with Gasteiger partial charge in [-0.15, -0.1) is 0 Å². The van der Waals surface area contributed by atoms with Crippen molar-refractivity contribution in [3.05, 3.63) is 107 Å². The van der Waals surface area contributed by atoms with Crippen LogP contribution >= 0.6 is 0 Å². The Morgan fingerprint density at radius 3 is 2.24 bits per heavy atom. The number of fused-ring (bicyclic) bond motifs is 2. The minimum atomic E-state index is -4.48. The Bertz CT molecular complexity index is 1650. The molecule has 6 bridgehead atoms. The van der Waals surface area contributed by atoms with Gasteiger partial charge in [-0.25, -0.2) is 4.99 Å². The Morgan fingerprint density at radius 1 is 0.933 bits per heavy atom. The van der Waals surface area contributed by atoms with Crippen LogP contribution in [-0.4, -0.2) is 47.1 Å². The maximum absolute atomic E-state index is 13.2. The molecule has 3 aromatic carbocycles. The lowest BCUT2D eigenvalue weighted by Gasteiger charge is -2.40. The van der Waals surface area contributed by atoms with E-state index in [-0.39, 0.29) is 42.7 Å². The summed E-state index contributed by atoms with van der Waals surface area (Å²) in [6.07, 6.45) is 2.72. The molecular formula is C34H39N3O7S. The van der Waals surface area contributed by atoms with Gasteiger partial charge in [0.05, 0.1) is 11.4 Å². The monoisotopic (exact) mass is 633 g/mol. The lowest BCUT2D eigenvalue weighted by atomic mass is 9.66. The molecule has 0 aromatic heterocycles. The molecular weight excluding hydrogens is 594 g/mol. The maximum Gasteiger partial charge on any atom is 0.268 e. The fourth-order valence-corrected chi connectivity index (χ4v) is 8.33. The van der Waals surface area contributed by atoms with Crippen LogP contribution in [0.25, 0.3) is 0 Å². The van der Waals surface area contributed by atoms with Crippen molar-refractivity contribution in [3.63, 3.8) is 0 Å². The van der Waals surface area contributed by atoms with Crippen molar-refractivity contribution in [1.82, 2.24) is 0 Å². The molecule has 0 unspecified atom stereocenters. The van der Waals surface area contributed by atoms with Crippen molar-refractivity contribution in [2.75, 3.05) is 6.61 Å². The Morgan fingerprint density at radius 2 is 1.60 bits per heavy atom. The first kappa shape index (κ1) is 31.1. The zero-order valence-electron chi connectivity index (χ0n) is 24.8. The highest BCUT2D eigenvalue weighted by molar-refractivity contribution is 7.86. The molecule has 0 saturated carbocycles. The number of ether oxygens (including phenoxy) is 2. The lowest BCUT2D eigenvalue weighted by Crippen LogP contribution is -2.38. The third-order valence-electron chi connectivity index (χ3n) is 9.28. The van der Waals surface area contributed by atoms with Gasteiger partial charge in [0, 0.05) is 18.1 Å². The van der Waals surface area contributed by atoms with Crippen LogP contribution in [0.3, 0.4) is 0 Å². The predicted octanol–water partition coefficient (Wildman–Crippen LogP) is 4.50. The smallest absolute Gasteiger partial charge is 0.268 e. The zero-order valence-corrected chi connectivity index (χ0v) is 25.6. The van der Waals surface area contributed by atoms with E-state index in [2.05, 4.69) is 4.99 Å². The summed E-state index contributed by atoms with van der Waals surface area (Å²) in [5, 5.41) is 18.8. The van der Waals surface area contributed by atoms with Crippen LogP contribution in [-0.2, 0) is 21.3 Å². The highest BCUT2D eigenvalue weighted by Crippen LogP contribution is 2.52. The molecule has 3 aromatic rings. The van der Waals surface area contributed by atoms with Gasteiger partial charge in [-0.05, 0) is 90.5 Å². The largest absolute Gasteiger partial charge is 0.508 e. The number of aromatic hydroxyl groups is 1. The van der Waals surface area contributed by atoms with Crippen LogP contribution in [0.5, 0.6) is 11.5 Å². The molecule has 1 saturated heterocycles. The summed E-state index contributed by atoms with van der Waals surface area (Å²) in [6, 6.07) is 21.8. The molecule has 0 radical (unpaired) electrons. The van der Waals surface area contributed by atoms with Gasteiger partial charge in [-0.1, -0.05) is 54.6 Å². The maximum atomic E-state index is 13.2. The van der Waals surface area contributed by atoms with E-state index in [4.69, 9.17) is 20.9 Å². The standard InChI is InChI=1S/C34H39N3O7S/c35-34(36)37-33-23-6-4-21(5-7-23)31-24-17-25(32(43-28(18-24)15-16-38)22-8-10-26(39)11-9-22)19-29(31)30(45(40,41)42)14-3-20-1-12-27(44-33)13-2-20/h1-2,4-13,19,24,28-33,38-39H,3,14-18H2,(H4,35,36,37)(H,40,41,42)/t24-,28+,29+,30+,31+,32-,33+/m0/s1. The Kier molecular flexibility index (Phi) is 8.87. The number of phenols is 1. The van der Waals surface area contributed by atoms with Crippen molar-refractivity contribution in [2.45, 2.75) is 61.7 Å².